The Kier molecular flexibility index (Phi) is 5.02. The summed E-state index contributed by atoms with van der Waals surface area (Å²) in [6.45, 7) is 4.17. The summed E-state index contributed by atoms with van der Waals surface area (Å²) in [5.41, 5.74) is 2.55. The molecule has 1 atom stereocenters. The van der Waals surface area contributed by atoms with Gasteiger partial charge >= 0.3 is 5.97 Å². The van der Waals surface area contributed by atoms with Gasteiger partial charge in [-0.3, -0.25) is 9.59 Å². The second-order valence-corrected chi connectivity index (χ2v) is 6.05. The van der Waals surface area contributed by atoms with Crippen molar-refractivity contribution in [1.29, 1.82) is 0 Å². The molecule has 26 heavy (non-hydrogen) atoms. The smallest absolute Gasteiger partial charge is 0.338 e. The van der Waals surface area contributed by atoms with Crippen LogP contribution in [0.15, 0.2) is 48.5 Å². The highest BCUT2D eigenvalue weighted by Crippen LogP contribution is 2.24. The van der Waals surface area contributed by atoms with Crippen LogP contribution >= 0.6 is 0 Å². The van der Waals surface area contributed by atoms with Gasteiger partial charge in [0.2, 0.25) is 5.91 Å². The molecular formula is C20H20N2O4. The number of rotatable bonds is 5. The standard InChI is InChI=1S/C20H20N2O4/c1-3-26-20(25)14-8-10-16(11-9-14)21-18(23)13(2)22-12-15-6-4-5-7-17(15)19(22)24/h4-11,13H,3,12H2,1-2H3,(H,21,23). The van der Waals surface area contributed by atoms with Crippen LogP contribution in [0.3, 0.4) is 0 Å². The molecule has 0 fully saturated rings. The monoisotopic (exact) mass is 352 g/mol. The van der Waals surface area contributed by atoms with Gasteiger partial charge in [-0.25, -0.2) is 4.79 Å². The van der Waals surface area contributed by atoms with Crippen LogP contribution in [0.4, 0.5) is 5.69 Å². The van der Waals surface area contributed by atoms with Crippen molar-refractivity contribution in [3.05, 3.63) is 65.2 Å². The van der Waals surface area contributed by atoms with Gasteiger partial charge < -0.3 is 15.0 Å². The second-order valence-electron chi connectivity index (χ2n) is 6.05. The molecule has 2 aromatic carbocycles. The summed E-state index contributed by atoms with van der Waals surface area (Å²) >= 11 is 0. The summed E-state index contributed by atoms with van der Waals surface area (Å²) in [5, 5.41) is 2.78. The third-order valence-corrected chi connectivity index (χ3v) is 4.36. The van der Waals surface area contributed by atoms with Gasteiger partial charge in [-0.2, -0.15) is 0 Å². The lowest BCUT2D eigenvalue weighted by atomic mass is 10.1. The maximum atomic E-state index is 12.5. The molecule has 1 heterocycles. The Balaban J connectivity index is 1.65. The Hall–Kier alpha value is -3.15. The van der Waals surface area contributed by atoms with E-state index in [0.717, 1.165) is 5.56 Å². The molecule has 0 spiro atoms. The number of esters is 1. The van der Waals surface area contributed by atoms with E-state index in [1.54, 1.807) is 49.1 Å². The van der Waals surface area contributed by atoms with Gasteiger partial charge in [-0.1, -0.05) is 18.2 Å². The number of hydrogen-bond donors (Lipinski definition) is 1. The predicted molar refractivity (Wildman–Crippen MR) is 96.8 cm³/mol. The van der Waals surface area contributed by atoms with Crippen molar-refractivity contribution in [2.24, 2.45) is 0 Å². The number of benzene rings is 2. The van der Waals surface area contributed by atoms with Gasteiger partial charge in [-0.05, 0) is 49.7 Å². The molecule has 0 saturated carbocycles. The van der Waals surface area contributed by atoms with Gasteiger partial charge in [-0.15, -0.1) is 0 Å². The van der Waals surface area contributed by atoms with E-state index < -0.39 is 12.0 Å². The predicted octanol–water partition coefficient (Wildman–Crippen LogP) is 2.85. The minimum atomic E-state index is -0.611. The fourth-order valence-corrected chi connectivity index (χ4v) is 2.88. The molecule has 0 aromatic heterocycles. The third-order valence-electron chi connectivity index (χ3n) is 4.36. The summed E-state index contributed by atoms with van der Waals surface area (Å²) in [4.78, 5) is 38.2. The lowest BCUT2D eigenvalue weighted by molar-refractivity contribution is -0.120. The van der Waals surface area contributed by atoms with E-state index in [-0.39, 0.29) is 11.8 Å². The summed E-state index contributed by atoms with van der Waals surface area (Å²) in [6, 6.07) is 13.2. The lowest BCUT2D eigenvalue weighted by Gasteiger charge is -2.23. The highest BCUT2D eigenvalue weighted by Gasteiger charge is 2.33. The Morgan fingerprint density at radius 2 is 1.85 bits per heavy atom. The first-order valence-electron chi connectivity index (χ1n) is 8.48. The average Bonchev–Trinajstić information content (AvgIpc) is 2.99. The van der Waals surface area contributed by atoms with Crippen LogP contribution in [0.5, 0.6) is 0 Å². The number of amides is 2. The maximum absolute atomic E-state index is 12.5. The van der Waals surface area contributed by atoms with E-state index in [2.05, 4.69) is 5.32 Å². The third kappa shape index (κ3) is 3.44. The van der Waals surface area contributed by atoms with Crippen LogP contribution in [0.2, 0.25) is 0 Å². The van der Waals surface area contributed by atoms with E-state index in [1.165, 1.54) is 0 Å². The molecule has 0 bridgehead atoms. The van der Waals surface area contributed by atoms with Gasteiger partial charge in [0.1, 0.15) is 6.04 Å². The van der Waals surface area contributed by atoms with Crippen molar-refractivity contribution >= 4 is 23.5 Å². The molecule has 134 valence electrons. The van der Waals surface area contributed by atoms with E-state index in [9.17, 15) is 14.4 Å². The lowest BCUT2D eigenvalue weighted by Crippen LogP contribution is -2.42. The number of nitrogens with zero attached hydrogens (tertiary/aromatic N) is 1. The maximum Gasteiger partial charge on any atom is 0.338 e. The Morgan fingerprint density at radius 3 is 2.50 bits per heavy atom. The summed E-state index contributed by atoms with van der Waals surface area (Å²) in [5.74, 6) is -0.824. The molecule has 0 aliphatic carbocycles. The zero-order valence-corrected chi connectivity index (χ0v) is 14.7. The molecule has 1 N–H and O–H groups in total. The van der Waals surface area contributed by atoms with Gasteiger partial charge in [0.25, 0.3) is 5.91 Å². The fraction of sp³-hybridized carbons (Fsp3) is 0.250. The van der Waals surface area contributed by atoms with Crippen LogP contribution in [-0.4, -0.2) is 35.3 Å². The topological polar surface area (TPSA) is 75.7 Å². The van der Waals surface area contributed by atoms with Crippen molar-refractivity contribution in [2.45, 2.75) is 26.4 Å². The first kappa shape index (κ1) is 17.7. The van der Waals surface area contributed by atoms with E-state index >= 15 is 0 Å². The van der Waals surface area contributed by atoms with Crippen molar-refractivity contribution < 1.29 is 19.1 Å². The van der Waals surface area contributed by atoms with Crippen LogP contribution in [0.1, 0.15) is 40.1 Å². The van der Waals surface area contributed by atoms with Gasteiger partial charge in [0.05, 0.1) is 12.2 Å². The number of anilines is 1. The van der Waals surface area contributed by atoms with Crippen molar-refractivity contribution in [3.63, 3.8) is 0 Å². The quantitative estimate of drug-likeness (QED) is 0.840. The highest BCUT2D eigenvalue weighted by atomic mass is 16.5. The molecule has 6 heteroatoms. The Bertz CT molecular complexity index is 845. The van der Waals surface area contributed by atoms with Crippen molar-refractivity contribution in [3.8, 4) is 0 Å². The van der Waals surface area contributed by atoms with Gasteiger partial charge in [0, 0.05) is 17.8 Å². The van der Waals surface area contributed by atoms with E-state index in [1.807, 2.05) is 18.2 Å². The van der Waals surface area contributed by atoms with Crippen molar-refractivity contribution in [1.82, 2.24) is 4.90 Å². The van der Waals surface area contributed by atoms with E-state index in [4.69, 9.17) is 4.74 Å². The molecule has 1 aliphatic heterocycles. The normalized spacial score (nSPS) is 13.9. The van der Waals surface area contributed by atoms with Crippen LogP contribution < -0.4 is 5.32 Å². The molecule has 2 amide bonds. The molecule has 0 saturated heterocycles. The summed E-state index contributed by atoms with van der Waals surface area (Å²) < 4.78 is 4.93. The number of ether oxygens (including phenoxy) is 1. The zero-order chi connectivity index (χ0) is 18.7. The molecule has 3 rings (SSSR count). The number of carbonyl (C=O) groups excluding carboxylic acids is 3. The van der Waals surface area contributed by atoms with Crippen LogP contribution in [0, 0.1) is 0 Å². The SMILES string of the molecule is CCOC(=O)c1ccc(NC(=O)C(C)N2Cc3ccccc3C2=O)cc1. The first-order chi connectivity index (χ1) is 12.5. The largest absolute Gasteiger partial charge is 0.462 e. The molecule has 6 nitrogen and oxygen atoms in total. The molecule has 0 radical (unpaired) electrons. The molecular weight excluding hydrogens is 332 g/mol. The van der Waals surface area contributed by atoms with E-state index in [0.29, 0.717) is 30.0 Å². The molecule has 1 aliphatic rings. The summed E-state index contributed by atoms with van der Waals surface area (Å²) in [6.07, 6.45) is 0. The average molecular weight is 352 g/mol. The minimum Gasteiger partial charge on any atom is -0.462 e. The molecule has 2 aromatic rings. The number of carbonyl (C=O) groups is 3. The Morgan fingerprint density at radius 1 is 1.15 bits per heavy atom. The summed E-state index contributed by atoms with van der Waals surface area (Å²) in [7, 11) is 0. The zero-order valence-electron chi connectivity index (χ0n) is 14.7. The van der Waals surface area contributed by atoms with Crippen molar-refractivity contribution in [2.75, 3.05) is 11.9 Å². The van der Waals surface area contributed by atoms with Gasteiger partial charge in [0.15, 0.2) is 0 Å². The van der Waals surface area contributed by atoms with Crippen LogP contribution in [0.25, 0.3) is 0 Å². The first-order valence-corrected chi connectivity index (χ1v) is 8.48. The van der Waals surface area contributed by atoms with Crippen LogP contribution in [-0.2, 0) is 16.1 Å². The fourth-order valence-electron chi connectivity index (χ4n) is 2.88. The highest BCUT2D eigenvalue weighted by molar-refractivity contribution is 6.03. The second kappa shape index (κ2) is 7.39. The number of fused-ring (bicyclic) bond motifs is 1. The Labute approximate surface area is 151 Å². The number of nitrogens with one attached hydrogen (secondary N) is 1. The number of hydrogen-bond acceptors (Lipinski definition) is 4. The minimum absolute atomic E-state index is 0.138. The molecule has 1 unspecified atom stereocenters.